The largest absolute Gasteiger partial charge is 0.478 e. The summed E-state index contributed by atoms with van der Waals surface area (Å²) in [5, 5.41) is 8.89. The zero-order chi connectivity index (χ0) is 10.6. The van der Waals surface area contributed by atoms with E-state index in [1.165, 1.54) is 0 Å². The Hall–Kier alpha value is -1.35. The fourth-order valence-corrected chi connectivity index (χ4v) is 1.36. The predicted octanol–water partition coefficient (Wildman–Crippen LogP) is 1.58. The first kappa shape index (κ1) is 10.7. The van der Waals surface area contributed by atoms with Crippen LogP contribution in [0.1, 0.15) is 27.9 Å². The molecule has 3 heteroatoms. The summed E-state index contributed by atoms with van der Waals surface area (Å²) in [6, 6.07) is 5.53. The Labute approximate surface area is 83.6 Å². The molecule has 1 rings (SSSR count). The molecule has 0 radical (unpaired) electrons. The Morgan fingerprint density at radius 2 is 2.21 bits per heavy atom. The number of aryl methyl sites for hydroxylation is 2. The van der Waals surface area contributed by atoms with Gasteiger partial charge in [0.2, 0.25) is 0 Å². The maximum Gasteiger partial charge on any atom is 0.335 e. The first-order chi connectivity index (χ1) is 6.65. The quantitative estimate of drug-likeness (QED) is 0.763. The number of hydrogen-bond acceptors (Lipinski definition) is 2. The highest BCUT2D eigenvalue weighted by Gasteiger charge is 2.07. The van der Waals surface area contributed by atoms with E-state index in [0.29, 0.717) is 12.1 Å². The molecule has 0 amide bonds. The first-order valence-electron chi connectivity index (χ1n) is 4.68. The summed E-state index contributed by atoms with van der Waals surface area (Å²) in [4.78, 5) is 10.8. The van der Waals surface area contributed by atoms with Gasteiger partial charge in [0.15, 0.2) is 0 Å². The van der Waals surface area contributed by atoms with Crippen molar-refractivity contribution >= 4 is 5.97 Å². The van der Waals surface area contributed by atoms with E-state index in [2.05, 4.69) is 0 Å². The molecule has 0 spiro atoms. The van der Waals surface area contributed by atoms with Crippen molar-refractivity contribution in [2.24, 2.45) is 5.73 Å². The minimum absolute atomic E-state index is 0.388. The van der Waals surface area contributed by atoms with Crippen molar-refractivity contribution in [2.75, 3.05) is 6.54 Å². The summed E-state index contributed by atoms with van der Waals surface area (Å²) >= 11 is 0. The van der Waals surface area contributed by atoms with Crippen LogP contribution in [0.15, 0.2) is 18.2 Å². The van der Waals surface area contributed by atoms with E-state index in [0.717, 1.165) is 24.0 Å². The van der Waals surface area contributed by atoms with Gasteiger partial charge in [-0.25, -0.2) is 4.79 Å². The molecule has 1 aromatic rings. The molecule has 0 atom stereocenters. The van der Waals surface area contributed by atoms with Crippen molar-refractivity contribution in [3.63, 3.8) is 0 Å². The molecule has 0 bridgehead atoms. The van der Waals surface area contributed by atoms with Crippen LogP contribution in [0.4, 0.5) is 0 Å². The molecular weight excluding hydrogens is 178 g/mol. The number of nitrogens with two attached hydrogens (primary N) is 1. The van der Waals surface area contributed by atoms with E-state index in [4.69, 9.17) is 10.8 Å². The Balaban J connectivity index is 2.89. The van der Waals surface area contributed by atoms with Crippen LogP contribution in [0, 0.1) is 6.92 Å². The lowest BCUT2D eigenvalue weighted by Gasteiger charge is -2.04. The van der Waals surface area contributed by atoms with Gasteiger partial charge < -0.3 is 10.8 Å². The second-order valence-electron chi connectivity index (χ2n) is 3.35. The third-order valence-corrected chi connectivity index (χ3v) is 2.20. The number of rotatable bonds is 4. The number of carboxylic acids is 1. The van der Waals surface area contributed by atoms with Crippen molar-refractivity contribution in [3.8, 4) is 0 Å². The summed E-state index contributed by atoms with van der Waals surface area (Å²) in [6.45, 7) is 2.44. The average molecular weight is 193 g/mol. The van der Waals surface area contributed by atoms with Gasteiger partial charge in [-0.2, -0.15) is 0 Å². The maximum absolute atomic E-state index is 10.8. The van der Waals surface area contributed by atoms with Crippen molar-refractivity contribution in [2.45, 2.75) is 19.8 Å². The lowest BCUT2D eigenvalue weighted by Crippen LogP contribution is -2.03. The minimum Gasteiger partial charge on any atom is -0.478 e. The molecule has 3 nitrogen and oxygen atoms in total. The highest BCUT2D eigenvalue weighted by Crippen LogP contribution is 2.12. The molecule has 0 saturated carbocycles. The third kappa shape index (κ3) is 2.57. The first-order valence-corrected chi connectivity index (χ1v) is 4.68. The van der Waals surface area contributed by atoms with Crippen molar-refractivity contribution < 1.29 is 9.90 Å². The van der Waals surface area contributed by atoms with Gasteiger partial charge in [-0.05, 0) is 43.5 Å². The maximum atomic E-state index is 10.8. The highest BCUT2D eigenvalue weighted by molar-refractivity contribution is 5.89. The molecular formula is C11H15NO2. The molecule has 0 aliphatic rings. The Morgan fingerprint density at radius 1 is 1.50 bits per heavy atom. The monoisotopic (exact) mass is 193 g/mol. The molecule has 76 valence electrons. The van der Waals surface area contributed by atoms with E-state index in [1.54, 1.807) is 13.0 Å². The summed E-state index contributed by atoms with van der Waals surface area (Å²) in [6.07, 6.45) is 1.74. The number of aromatic carboxylic acids is 1. The minimum atomic E-state index is -0.864. The smallest absolute Gasteiger partial charge is 0.335 e. The van der Waals surface area contributed by atoms with Gasteiger partial charge >= 0.3 is 5.97 Å². The van der Waals surface area contributed by atoms with Gasteiger partial charge in [0, 0.05) is 0 Å². The van der Waals surface area contributed by atoms with E-state index >= 15 is 0 Å². The predicted molar refractivity (Wildman–Crippen MR) is 55.5 cm³/mol. The topological polar surface area (TPSA) is 63.3 Å². The summed E-state index contributed by atoms with van der Waals surface area (Å²) in [7, 11) is 0. The Morgan fingerprint density at radius 3 is 2.79 bits per heavy atom. The summed E-state index contributed by atoms with van der Waals surface area (Å²) in [5.74, 6) is -0.864. The van der Waals surface area contributed by atoms with Crippen LogP contribution in [0.2, 0.25) is 0 Å². The van der Waals surface area contributed by atoms with Gasteiger partial charge in [-0.15, -0.1) is 0 Å². The molecule has 0 aliphatic carbocycles. The molecule has 0 heterocycles. The van der Waals surface area contributed by atoms with Gasteiger partial charge in [0.1, 0.15) is 0 Å². The molecule has 0 aromatic heterocycles. The standard InChI is InChI=1S/C11H15NO2/c1-8-4-5-9(3-2-6-12)7-10(8)11(13)14/h4-5,7H,2-3,6,12H2,1H3,(H,13,14). The summed E-state index contributed by atoms with van der Waals surface area (Å²) in [5.41, 5.74) is 7.62. The molecule has 3 N–H and O–H groups in total. The average Bonchev–Trinajstić information content (AvgIpc) is 2.16. The van der Waals surface area contributed by atoms with Crippen molar-refractivity contribution in [1.29, 1.82) is 0 Å². The zero-order valence-electron chi connectivity index (χ0n) is 8.29. The fraction of sp³-hybridized carbons (Fsp3) is 0.364. The van der Waals surface area contributed by atoms with E-state index in [9.17, 15) is 4.79 Å². The van der Waals surface area contributed by atoms with Crippen LogP contribution < -0.4 is 5.73 Å². The molecule has 0 saturated heterocycles. The third-order valence-electron chi connectivity index (χ3n) is 2.20. The van der Waals surface area contributed by atoms with E-state index in [1.807, 2.05) is 12.1 Å². The van der Waals surface area contributed by atoms with Crippen LogP contribution in [0.25, 0.3) is 0 Å². The number of carboxylic acid groups (broad SMARTS) is 1. The van der Waals surface area contributed by atoms with Gasteiger partial charge in [0.25, 0.3) is 0 Å². The van der Waals surface area contributed by atoms with Gasteiger partial charge in [0.05, 0.1) is 5.56 Å². The van der Waals surface area contributed by atoms with Crippen molar-refractivity contribution in [1.82, 2.24) is 0 Å². The molecule has 0 unspecified atom stereocenters. The van der Waals surface area contributed by atoms with Crippen LogP contribution in [0.5, 0.6) is 0 Å². The molecule has 14 heavy (non-hydrogen) atoms. The van der Waals surface area contributed by atoms with E-state index in [-0.39, 0.29) is 0 Å². The second kappa shape index (κ2) is 4.77. The second-order valence-corrected chi connectivity index (χ2v) is 3.35. The normalized spacial score (nSPS) is 10.1. The Bertz CT molecular complexity index is 334. The zero-order valence-corrected chi connectivity index (χ0v) is 8.29. The lowest BCUT2D eigenvalue weighted by molar-refractivity contribution is 0.0696. The lowest BCUT2D eigenvalue weighted by atomic mass is 10.0. The summed E-state index contributed by atoms with van der Waals surface area (Å²) < 4.78 is 0. The van der Waals surface area contributed by atoms with Crippen LogP contribution in [-0.2, 0) is 6.42 Å². The molecule has 1 aromatic carbocycles. The van der Waals surface area contributed by atoms with Crippen LogP contribution >= 0.6 is 0 Å². The number of benzene rings is 1. The van der Waals surface area contributed by atoms with Crippen LogP contribution in [-0.4, -0.2) is 17.6 Å². The fourth-order valence-electron chi connectivity index (χ4n) is 1.36. The van der Waals surface area contributed by atoms with Crippen molar-refractivity contribution in [3.05, 3.63) is 34.9 Å². The SMILES string of the molecule is Cc1ccc(CCCN)cc1C(=O)O. The van der Waals surface area contributed by atoms with Crippen LogP contribution in [0.3, 0.4) is 0 Å². The number of carbonyl (C=O) groups is 1. The van der Waals surface area contributed by atoms with Gasteiger partial charge in [-0.3, -0.25) is 0 Å². The highest BCUT2D eigenvalue weighted by atomic mass is 16.4. The molecule has 0 aliphatic heterocycles. The van der Waals surface area contributed by atoms with E-state index < -0.39 is 5.97 Å². The molecule has 0 fully saturated rings. The number of hydrogen-bond donors (Lipinski definition) is 2. The van der Waals surface area contributed by atoms with Gasteiger partial charge in [-0.1, -0.05) is 12.1 Å². The Kier molecular flexibility index (Phi) is 3.65.